The molecule has 1 aromatic heterocycles. The van der Waals surface area contributed by atoms with Crippen molar-refractivity contribution in [1.82, 2.24) is 4.31 Å². The third-order valence-corrected chi connectivity index (χ3v) is 6.50. The number of hydrogen-bond acceptors (Lipinski definition) is 3. The maximum atomic E-state index is 12.7. The lowest BCUT2D eigenvalue weighted by atomic mass is 9.82. The minimum absolute atomic E-state index is 0.351. The topological polar surface area (TPSA) is 50.5 Å². The Hall–Kier alpha value is -0.810. The van der Waals surface area contributed by atoms with Crippen LogP contribution in [0.2, 0.25) is 0 Å². The van der Waals surface area contributed by atoms with Gasteiger partial charge >= 0.3 is 0 Å². The highest BCUT2D eigenvalue weighted by molar-refractivity contribution is 7.89. The molecule has 1 aromatic rings. The minimum atomic E-state index is -3.37. The molecule has 1 saturated carbocycles. The van der Waals surface area contributed by atoms with E-state index in [1.165, 1.54) is 25.7 Å². The zero-order chi connectivity index (χ0) is 13.6. The van der Waals surface area contributed by atoms with Crippen molar-refractivity contribution in [2.75, 3.05) is 13.1 Å². The first kappa shape index (κ1) is 13.2. The molecule has 2 unspecified atom stereocenters. The molecule has 2 fully saturated rings. The molecule has 1 aliphatic heterocycles. The van der Waals surface area contributed by atoms with Gasteiger partial charge in [0.1, 0.15) is 16.4 Å². The van der Waals surface area contributed by atoms with E-state index in [0.29, 0.717) is 41.3 Å². The summed E-state index contributed by atoms with van der Waals surface area (Å²) in [5.41, 5.74) is 0. The molecule has 2 atom stereocenters. The highest BCUT2D eigenvalue weighted by atomic mass is 32.2. The Morgan fingerprint density at radius 3 is 2.21 bits per heavy atom. The van der Waals surface area contributed by atoms with E-state index in [0.717, 1.165) is 0 Å². The predicted octanol–water partition coefficient (Wildman–Crippen LogP) is 2.71. The molecular weight excluding hydrogens is 262 g/mol. The van der Waals surface area contributed by atoms with Crippen molar-refractivity contribution in [1.29, 1.82) is 0 Å². The molecule has 106 valence electrons. The van der Waals surface area contributed by atoms with E-state index in [2.05, 4.69) is 0 Å². The maximum absolute atomic E-state index is 12.7. The molecule has 2 heterocycles. The average Bonchev–Trinajstić information content (AvgIpc) is 2.92. The zero-order valence-corrected chi connectivity index (χ0v) is 12.4. The number of hydrogen-bond donors (Lipinski definition) is 0. The van der Waals surface area contributed by atoms with E-state index >= 15 is 0 Å². The van der Waals surface area contributed by atoms with Gasteiger partial charge in [-0.15, -0.1) is 0 Å². The van der Waals surface area contributed by atoms with Crippen LogP contribution < -0.4 is 0 Å². The summed E-state index contributed by atoms with van der Waals surface area (Å²) in [4.78, 5) is 0.351. The highest BCUT2D eigenvalue weighted by Gasteiger charge is 2.41. The number of nitrogens with zero attached hydrogens (tertiary/aromatic N) is 1. The van der Waals surface area contributed by atoms with Gasteiger partial charge in [0.15, 0.2) is 0 Å². The van der Waals surface area contributed by atoms with Crippen molar-refractivity contribution < 1.29 is 12.8 Å². The Morgan fingerprint density at radius 1 is 1.16 bits per heavy atom. The van der Waals surface area contributed by atoms with E-state index in [9.17, 15) is 8.42 Å². The number of aryl methyl sites for hydroxylation is 2. The molecule has 0 spiro atoms. The molecule has 2 aliphatic rings. The van der Waals surface area contributed by atoms with Gasteiger partial charge < -0.3 is 4.42 Å². The summed E-state index contributed by atoms with van der Waals surface area (Å²) >= 11 is 0. The third-order valence-electron chi connectivity index (χ3n) is 4.56. The van der Waals surface area contributed by atoms with Crippen LogP contribution in [-0.2, 0) is 10.0 Å². The zero-order valence-electron chi connectivity index (χ0n) is 11.6. The van der Waals surface area contributed by atoms with Crippen LogP contribution in [0, 0.1) is 25.7 Å². The van der Waals surface area contributed by atoms with Crippen molar-refractivity contribution in [3.8, 4) is 0 Å². The van der Waals surface area contributed by atoms with Gasteiger partial charge in [0.25, 0.3) is 0 Å². The van der Waals surface area contributed by atoms with Gasteiger partial charge in [-0.3, -0.25) is 0 Å². The third kappa shape index (κ3) is 2.23. The quantitative estimate of drug-likeness (QED) is 0.838. The smallest absolute Gasteiger partial charge is 0.246 e. The maximum Gasteiger partial charge on any atom is 0.246 e. The normalized spacial score (nSPS) is 28.5. The minimum Gasteiger partial charge on any atom is -0.465 e. The molecule has 0 amide bonds. The van der Waals surface area contributed by atoms with Crippen LogP contribution in [0.15, 0.2) is 15.4 Å². The van der Waals surface area contributed by atoms with Gasteiger partial charge in [-0.05, 0) is 44.6 Å². The number of rotatable bonds is 2. The molecule has 4 nitrogen and oxygen atoms in total. The first-order valence-corrected chi connectivity index (χ1v) is 8.49. The highest BCUT2D eigenvalue weighted by Crippen LogP contribution is 2.38. The molecule has 1 aliphatic carbocycles. The van der Waals surface area contributed by atoms with Crippen LogP contribution in [0.5, 0.6) is 0 Å². The van der Waals surface area contributed by atoms with Crippen molar-refractivity contribution in [3.63, 3.8) is 0 Å². The van der Waals surface area contributed by atoms with Crippen LogP contribution in [0.4, 0.5) is 0 Å². The van der Waals surface area contributed by atoms with E-state index < -0.39 is 10.0 Å². The van der Waals surface area contributed by atoms with Crippen LogP contribution >= 0.6 is 0 Å². The van der Waals surface area contributed by atoms with Gasteiger partial charge in [-0.25, -0.2) is 8.42 Å². The lowest BCUT2D eigenvalue weighted by molar-refractivity contribution is 0.299. The second-order valence-corrected chi connectivity index (χ2v) is 7.81. The second kappa shape index (κ2) is 4.63. The van der Waals surface area contributed by atoms with Gasteiger partial charge in [0.05, 0.1) is 0 Å². The molecule has 0 bridgehead atoms. The van der Waals surface area contributed by atoms with Crippen LogP contribution in [-0.4, -0.2) is 25.8 Å². The van der Waals surface area contributed by atoms with Crippen molar-refractivity contribution in [2.45, 2.75) is 44.4 Å². The van der Waals surface area contributed by atoms with Gasteiger partial charge in [-0.2, -0.15) is 4.31 Å². The van der Waals surface area contributed by atoms with E-state index in [1.807, 2.05) is 0 Å². The molecule has 1 saturated heterocycles. The van der Waals surface area contributed by atoms with Crippen LogP contribution in [0.3, 0.4) is 0 Å². The fraction of sp³-hybridized carbons (Fsp3) is 0.714. The Bertz CT molecular complexity index is 562. The van der Waals surface area contributed by atoms with Gasteiger partial charge in [0.2, 0.25) is 10.0 Å². The van der Waals surface area contributed by atoms with Crippen molar-refractivity contribution in [3.05, 3.63) is 17.6 Å². The Kier molecular flexibility index (Phi) is 3.21. The summed E-state index contributed by atoms with van der Waals surface area (Å²) in [6.07, 6.45) is 4.86. The molecule has 0 aromatic carbocycles. The molecule has 5 heteroatoms. The fourth-order valence-electron chi connectivity index (χ4n) is 3.56. The SMILES string of the molecule is Cc1cc(S(=O)(=O)N2CC3CCCCC3C2)c(C)o1. The lowest BCUT2D eigenvalue weighted by Crippen LogP contribution is -2.29. The number of furan rings is 1. The fourth-order valence-corrected chi connectivity index (χ4v) is 5.34. The molecule has 19 heavy (non-hydrogen) atoms. The number of fused-ring (bicyclic) bond motifs is 1. The Labute approximate surface area is 114 Å². The monoisotopic (exact) mass is 283 g/mol. The van der Waals surface area contributed by atoms with Gasteiger partial charge in [-0.1, -0.05) is 12.8 Å². The summed E-state index contributed by atoms with van der Waals surface area (Å²) in [5.74, 6) is 2.30. The van der Waals surface area contributed by atoms with E-state index in [-0.39, 0.29) is 0 Å². The molecular formula is C14H21NO3S. The second-order valence-electron chi connectivity index (χ2n) is 5.90. The summed E-state index contributed by atoms with van der Waals surface area (Å²) in [6, 6.07) is 1.65. The lowest BCUT2D eigenvalue weighted by Gasteiger charge is -2.22. The summed E-state index contributed by atoms with van der Waals surface area (Å²) < 4.78 is 32.4. The standard InChI is InChI=1S/C14H21NO3S/c1-10-7-14(11(2)18-10)19(16,17)15-8-12-5-3-4-6-13(12)9-15/h7,12-13H,3-6,8-9H2,1-2H3. The molecule has 3 rings (SSSR count). The van der Waals surface area contributed by atoms with Crippen molar-refractivity contribution in [2.24, 2.45) is 11.8 Å². The number of sulfonamides is 1. The predicted molar refractivity (Wildman–Crippen MR) is 72.4 cm³/mol. The van der Waals surface area contributed by atoms with Crippen LogP contribution in [0.25, 0.3) is 0 Å². The summed E-state index contributed by atoms with van der Waals surface area (Å²) in [7, 11) is -3.37. The van der Waals surface area contributed by atoms with Crippen molar-refractivity contribution >= 4 is 10.0 Å². The van der Waals surface area contributed by atoms with Crippen LogP contribution in [0.1, 0.15) is 37.2 Å². The van der Waals surface area contributed by atoms with E-state index in [4.69, 9.17) is 4.42 Å². The van der Waals surface area contributed by atoms with E-state index in [1.54, 1.807) is 24.2 Å². The Balaban J connectivity index is 1.87. The summed E-state index contributed by atoms with van der Waals surface area (Å²) in [6.45, 7) is 4.89. The first-order chi connectivity index (χ1) is 8.98. The molecule has 0 radical (unpaired) electrons. The summed E-state index contributed by atoms with van der Waals surface area (Å²) in [5, 5.41) is 0. The first-order valence-electron chi connectivity index (χ1n) is 7.05. The van der Waals surface area contributed by atoms with Gasteiger partial charge in [0, 0.05) is 13.1 Å². The Morgan fingerprint density at radius 2 is 1.74 bits per heavy atom. The average molecular weight is 283 g/mol. The molecule has 0 N–H and O–H groups in total. The largest absolute Gasteiger partial charge is 0.465 e.